The van der Waals surface area contributed by atoms with Crippen LogP contribution >= 0.6 is 24.0 Å². The minimum atomic E-state index is -0.210. The largest absolute Gasteiger partial charge is 0.450 e. The normalized spacial score (nSPS) is 15.4. The number of carbonyl (C=O) groups excluding carboxylic acids is 1. The van der Waals surface area contributed by atoms with Crippen LogP contribution in [-0.4, -0.2) is 65.8 Å². The van der Waals surface area contributed by atoms with Crippen molar-refractivity contribution < 1.29 is 9.53 Å². The van der Waals surface area contributed by atoms with Crippen LogP contribution in [0.25, 0.3) is 0 Å². The number of aromatic nitrogens is 2. The van der Waals surface area contributed by atoms with E-state index in [1.807, 2.05) is 19.4 Å². The van der Waals surface area contributed by atoms with Gasteiger partial charge in [0.15, 0.2) is 5.96 Å². The third-order valence-electron chi connectivity index (χ3n) is 4.03. The molecule has 0 atom stereocenters. The van der Waals surface area contributed by atoms with Crippen molar-refractivity contribution in [1.29, 1.82) is 0 Å². The van der Waals surface area contributed by atoms with Crippen molar-refractivity contribution in [2.45, 2.75) is 38.8 Å². The van der Waals surface area contributed by atoms with Crippen LogP contribution in [0, 0.1) is 0 Å². The van der Waals surface area contributed by atoms with Crippen LogP contribution in [0.3, 0.4) is 0 Å². The molecule has 2 heterocycles. The first kappa shape index (κ1) is 21.5. The van der Waals surface area contributed by atoms with Crippen LogP contribution < -0.4 is 10.6 Å². The van der Waals surface area contributed by atoms with Crippen molar-refractivity contribution in [2.75, 3.05) is 33.3 Å². The number of guanidine groups is 1. The van der Waals surface area contributed by atoms with E-state index < -0.39 is 0 Å². The summed E-state index contributed by atoms with van der Waals surface area (Å²) < 4.78 is 7.10. The fraction of sp³-hybridized carbons (Fsp3) is 0.688. The van der Waals surface area contributed by atoms with Gasteiger partial charge in [-0.2, -0.15) is 0 Å². The molecule has 2 N–H and O–H groups in total. The Kier molecular flexibility index (Phi) is 10.3. The zero-order valence-corrected chi connectivity index (χ0v) is 17.3. The highest BCUT2D eigenvalue weighted by molar-refractivity contribution is 14.0. The number of hydrogen-bond acceptors (Lipinski definition) is 4. The van der Waals surface area contributed by atoms with Crippen LogP contribution in [0.5, 0.6) is 0 Å². The predicted molar refractivity (Wildman–Crippen MR) is 108 cm³/mol. The number of amides is 1. The molecule has 25 heavy (non-hydrogen) atoms. The fourth-order valence-electron chi connectivity index (χ4n) is 2.70. The van der Waals surface area contributed by atoms with E-state index in [0.29, 0.717) is 25.7 Å². The summed E-state index contributed by atoms with van der Waals surface area (Å²) in [6, 6.07) is 0.329. The molecule has 8 nitrogen and oxygen atoms in total. The minimum absolute atomic E-state index is 0. The van der Waals surface area contributed by atoms with Crippen molar-refractivity contribution in [2.24, 2.45) is 4.99 Å². The van der Waals surface area contributed by atoms with E-state index in [-0.39, 0.29) is 30.1 Å². The van der Waals surface area contributed by atoms with E-state index in [1.54, 1.807) is 18.1 Å². The van der Waals surface area contributed by atoms with Gasteiger partial charge in [-0.05, 0) is 26.2 Å². The number of likely N-dealkylation sites (tertiary alicyclic amines) is 1. The van der Waals surface area contributed by atoms with E-state index in [2.05, 4.69) is 25.2 Å². The van der Waals surface area contributed by atoms with Gasteiger partial charge in [0.05, 0.1) is 12.9 Å². The maximum atomic E-state index is 11.7. The molecule has 142 valence electrons. The SMILES string of the molecule is CCOC(=O)N1CCC(NC(=NC)NCCCn2ccnc2)CC1.I. The number of rotatable bonds is 6. The van der Waals surface area contributed by atoms with Crippen molar-refractivity contribution in [3.63, 3.8) is 0 Å². The van der Waals surface area contributed by atoms with Crippen LogP contribution in [0.1, 0.15) is 26.2 Å². The number of hydrogen-bond donors (Lipinski definition) is 2. The Balaban J connectivity index is 0.00000312. The second-order valence-corrected chi connectivity index (χ2v) is 5.76. The second kappa shape index (κ2) is 11.9. The van der Waals surface area contributed by atoms with Gasteiger partial charge in [-0.3, -0.25) is 4.99 Å². The minimum Gasteiger partial charge on any atom is -0.450 e. The molecular weight excluding hydrogens is 435 g/mol. The van der Waals surface area contributed by atoms with E-state index >= 15 is 0 Å². The van der Waals surface area contributed by atoms with Gasteiger partial charge in [-0.25, -0.2) is 9.78 Å². The van der Waals surface area contributed by atoms with E-state index in [9.17, 15) is 4.79 Å². The molecule has 9 heteroatoms. The van der Waals surface area contributed by atoms with Gasteiger partial charge in [0, 0.05) is 51.7 Å². The van der Waals surface area contributed by atoms with Crippen LogP contribution in [0.15, 0.2) is 23.7 Å². The van der Waals surface area contributed by atoms with Gasteiger partial charge in [0.2, 0.25) is 0 Å². The monoisotopic (exact) mass is 464 g/mol. The average molecular weight is 464 g/mol. The molecule has 2 rings (SSSR count). The molecule has 1 aromatic heterocycles. The lowest BCUT2D eigenvalue weighted by molar-refractivity contribution is 0.0963. The molecule has 1 aliphatic rings. The molecule has 0 saturated carbocycles. The Morgan fingerprint density at radius 3 is 2.76 bits per heavy atom. The summed E-state index contributed by atoms with van der Waals surface area (Å²) in [7, 11) is 1.78. The molecular formula is C16H29IN6O2. The molecule has 1 fully saturated rings. The maximum absolute atomic E-state index is 11.7. The molecule has 1 aromatic rings. The zero-order chi connectivity index (χ0) is 17.2. The number of ether oxygens (including phenoxy) is 1. The standard InChI is InChI=1S/C16H28N6O2.HI/c1-3-24-16(23)22-10-5-14(6-11-22)20-15(17-2)19-7-4-9-21-12-8-18-13-21;/h8,12-14H,3-7,9-11H2,1-2H3,(H2,17,19,20);1H. The van der Waals surface area contributed by atoms with Crippen LogP contribution in [-0.2, 0) is 11.3 Å². The molecule has 1 aliphatic heterocycles. The summed E-state index contributed by atoms with van der Waals surface area (Å²) in [4.78, 5) is 21.8. The summed E-state index contributed by atoms with van der Waals surface area (Å²) in [5, 5.41) is 6.77. The van der Waals surface area contributed by atoms with Gasteiger partial charge in [-0.1, -0.05) is 0 Å². The van der Waals surface area contributed by atoms with Crippen LogP contribution in [0.4, 0.5) is 4.79 Å². The third kappa shape index (κ3) is 7.49. The number of aryl methyl sites for hydroxylation is 1. The molecule has 0 spiro atoms. The third-order valence-corrected chi connectivity index (χ3v) is 4.03. The molecule has 1 amide bonds. The molecule has 0 bridgehead atoms. The first-order valence-electron chi connectivity index (χ1n) is 8.57. The molecule has 0 aromatic carbocycles. The van der Waals surface area contributed by atoms with Crippen LogP contribution in [0.2, 0.25) is 0 Å². The number of nitrogens with one attached hydrogen (secondary N) is 2. The Morgan fingerprint density at radius 1 is 1.40 bits per heavy atom. The number of aliphatic imine (C=N–C) groups is 1. The molecule has 1 saturated heterocycles. The van der Waals surface area contributed by atoms with E-state index in [4.69, 9.17) is 4.74 Å². The molecule has 0 aliphatic carbocycles. The van der Waals surface area contributed by atoms with Crippen molar-refractivity contribution in [1.82, 2.24) is 25.1 Å². The van der Waals surface area contributed by atoms with Gasteiger partial charge < -0.3 is 24.8 Å². The number of halogens is 1. The maximum Gasteiger partial charge on any atom is 0.409 e. The Bertz CT molecular complexity index is 515. The summed E-state index contributed by atoms with van der Waals surface area (Å²) in [6.07, 6.45) is 8.16. The Hall–Kier alpha value is -1.52. The highest BCUT2D eigenvalue weighted by Gasteiger charge is 2.23. The molecule has 0 radical (unpaired) electrons. The zero-order valence-electron chi connectivity index (χ0n) is 15.0. The van der Waals surface area contributed by atoms with Crippen molar-refractivity contribution in [3.05, 3.63) is 18.7 Å². The average Bonchev–Trinajstić information content (AvgIpc) is 3.12. The van der Waals surface area contributed by atoms with E-state index in [0.717, 1.165) is 38.3 Å². The lowest BCUT2D eigenvalue weighted by Gasteiger charge is -2.32. The second-order valence-electron chi connectivity index (χ2n) is 5.76. The van der Waals surface area contributed by atoms with Gasteiger partial charge >= 0.3 is 6.09 Å². The number of imidazole rings is 1. The summed E-state index contributed by atoms with van der Waals surface area (Å²) in [5.41, 5.74) is 0. The quantitative estimate of drug-likeness (QED) is 0.290. The highest BCUT2D eigenvalue weighted by Crippen LogP contribution is 2.11. The smallest absolute Gasteiger partial charge is 0.409 e. The molecule has 0 unspecified atom stereocenters. The van der Waals surface area contributed by atoms with Gasteiger partial charge in [0.25, 0.3) is 0 Å². The Labute approximate surface area is 166 Å². The fourth-order valence-corrected chi connectivity index (χ4v) is 2.70. The van der Waals surface area contributed by atoms with E-state index in [1.165, 1.54) is 0 Å². The number of nitrogens with zero attached hydrogens (tertiary/aromatic N) is 4. The highest BCUT2D eigenvalue weighted by atomic mass is 127. The van der Waals surface area contributed by atoms with Crippen molar-refractivity contribution in [3.8, 4) is 0 Å². The number of carbonyl (C=O) groups is 1. The topological polar surface area (TPSA) is 83.8 Å². The number of piperidine rings is 1. The first-order valence-corrected chi connectivity index (χ1v) is 8.57. The summed E-state index contributed by atoms with van der Waals surface area (Å²) in [6.45, 7) is 5.46. The van der Waals surface area contributed by atoms with Crippen molar-refractivity contribution >= 4 is 36.0 Å². The van der Waals surface area contributed by atoms with Gasteiger partial charge in [-0.15, -0.1) is 24.0 Å². The van der Waals surface area contributed by atoms with Gasteiger partial charge in [0.1, 0.15) is 0 Å². The predicted octanol–water partition coefficient (Wildman–Crippen LogP) is 1.68. The Morgan fingerprint density at radius 2 is 2.16 bits per heavy atom. The lowest BCUT2D eigenvalue weighted by Crippen LogP contribution is -2.50. The summed E-state index contributed by atoms with van der Waals surface area (Å²) in [5.74, 6) is 0.815. The summed E-state index contributed by atoms with van der Waals surface area (Å²) >= 11 is 0. The lowest BCUT2D eigenvalue weighted by atomic mass is 10.1. The first-order chi connectivity index (χ1) is 11.7.